The van der Waals surface area contributed by atoms with Crippen LogP contribution in [0.1, 0.15) is 62.8 Å². The minimum Gasteiger partial charge on any atom is -0.352 e. The lowest BCUT2D eigenvalue weighted by atomic mass is 10.0. The van der Waals surface area contributed by atoms with Gasteiger partial charge in [-0.15, -0.1) is 11.3 Å². The molecule has 1 amide bonds. The van der Waals surface area contributed by atoms with Crippen molar-refractivity contribution in [3.05, 3.63) is 23.0 Å². The number of likely N-dealkylation sites (tertiary alicyclic amines) is 1. The Hall–Kier alpha value is -1.40. The van der Waals surface area contributed by atoms with Crippen LogP contribution in [0.2, 0.25) is 0 Å². The molecule has 0 aromatic carbocycles. The second kappa shape index (κ2) is 6.84. The van der Waals surface area contributed by atoms with E-state index in [2.05, 4.69) is 33.1 Å². The number of imidazole rings is 1. The summed E-state index contributed by atoms with van der Waals surface area (Å²) in [5.41, 5.74) is 2.69. The summed E-state index contributed by atoms with van der Waals surface area (Å²) in [7, 11) is 0. The first-order valence-electron chi connectivity index (χ1n) is 9.20. The van der Waals surface area contributed by atoms with E-state index in [4.69, 9.17) is 4.98 Å². The SMILES string of the molecule is CCCC(=O)NC1CCCN(Cc2c(C3CC3)nc3sccn23)C1. The van der Waals surface area contributed by atoms with E-state index in [1.807, 2.05) is 0 Å². The van der Waals surface area contributed by atoms with Crippen LogP contribution in [0.25, 0.3) is 4.96 Å². The molecule has 24 heavy (non-hydrogen) atoms. The van der Waals surface area contributed by atoms with E-state index < -0.39 is 0 Å². The van der Waals surface area contributed by atoms with E-state index in [1.165, 1.54) is 24.2 Å². The molecule has 2 fully saturated rings. The highest BCUT2D eigenvalue weighted by Gasteiger charge is 2.31. The number of fused-ring (bicyclic) bond motifs is 1. The van der Waals surface area contributed by atoms with Gasteiger partial charge in [0.2, 0.25) is 5.91 Å². The maximum absolute atomic E-state index is 11.9. The zero-order chi connectivity index (χ0) is 16.5. The van der Waals surface area contributed by atoms with Crippen molar-refractivity contribution in [3.8, 4) is 0 Å². The van der Waals surface area contributed by atoms with Gasteiger partial charge in [-0.25, -0.2) is 4.98 Å². The number of carbonyl (C=O) groups is 1. The molecule has 1 saturated carbocycles. The van der Waals surface area contributed by atoms with E-state index in [9.17, 15) is 4.79 Å². The number of piperidine rings is 1. The Kier molecular flexibility index (Phi) is 4.59. The summed E-state index contributed by atoms with van der Waals surface area (Å²) in [6.07, 6.45) is 8.53. The van der Waals surface area contributed by atoms with Gasteiger partial charge in [-0.3, -0.25) is 14.1 Å². The summed E-state index contributed by atoms with van der Waals surface area (Å²) in [5, 5.41) is 5.33. The van der Waals surface area contributed by atoms with E-state index in [1.54, 1.807) is 11.3 Å². The van der Waals surface area contributed by atoms with Crippen LogP contribution >= 0.6 is 11.3 Å². The highest BCUT2D eigenvalue weighted by molar-refractivity contribution is 7.15. The summed E-state index contributed by atoms with van der Waals surface area (Å²) in [6, 6.07) is 0.299. The highest BCUT2D eigenvalue weighted by atomic mass is 32.1. The van der Waals surface area contributed by atoms with Crippen molar-refractivity contribution < 1.29 is 4.79 Å². The lowest BCUT2D eigenvalue weighted by molar-refractivity contribution is -0.122. The van der Waals surface area contributed by atoms with E-state index in [0.717, 1.165) is 43.9 Å². The zero-order valence-electron chi connectivity index (χ0n) is 14.3. The zero-order valence-corrected chi connectivity index (χ0v) is 15.1. The standard InChI is InChI=1S/C18H26N4OS/c1-2-4-16(23)19-14-5-3-8-21(11-14)12-15-17(13-6-7-13)20-18-22(15)9-10-24-18/h9-10,13-14H,2-8,11-12H2,1H3,(H,19,23). The van der Waals surface area contributed by atoms with Crippen molar-refractivity contribution in [2.24, 2.45) is 0 Å². The Morgan fingerprint density at radius 1 is 1.42 bits per heavy atom. The molecule has 3 heterocycles. The van der Waals surface area contributed by atoms with Crippen molar-refractivity contribution >= 4 is 22.2 Å². The van der Waals surface area contributed by atoms with Crippen molar-refractivity contribution in [2.45, 2.75) is 64.0 Å². The first-order chi connectivity index (χ1) is 11.7. The lowest BCUT2D eigenvalue weighted by Gasteiger charge is -2.33. The third-order valence-corrected chi connectivity index (χ3v) is 5.83. The predicted molar refractivity (Wildman–Crippen MR) is 96.4 cm³/mol. The van der Waals surface area contributed by atoms with Gasteiger partial charge in [-0.05, 0) is 38.6 Å². The normalized spacial score (nSPS) is 22.1. The second-order valence-corrected chi connectivity index (χ2v) is 8.04. The van der Waals surface area contributed by atoms with Gasteiger partial charge in [0.15, 0.2) is 4.96 Å². The summed E-state index contributed by atoms with van der Waals surface area (Å²) in [4.78, 5) is 20.4. The maximum atomic E-state index is 11.9. The summed E-state index contributed by atoms with van der Waals surface area (Å²) in [5.74, 6) is 0.879. The molecule has 0 spiro atoms. The first kappa shape index (κ1) is 16.1. The average molecular weight is 346 g/mol. The van der Waals surface area contributed by atoms with Crippen LogP contribution in [0.4, 0.5) is 0 Å². The number of carbonyl (C=O) groups excluding carboxylic acids is 1. The van der Waals surface area contributed by atoms with Gasteiger partial charge in [-0.2, -0.15) is 0 Å². The highest BCUT2D eigenvalue weighted by Crippen LogP contribution is 2.42. The second-order valence-electron chi connectivity index (χ2n) is 7.17. The minimum atomic E-state index is 0.201. The number of amides is 1. The Morgan fingerprint density at radius 3 is 3.08 bits per heavy atom. The van der Waals surface area contributed by atoms with Crippen molar-refractivity contribution in [2.75, 3.05) is 13.1 Å². The molecular formula is C18H26N4OS. The summed E-state index contributed by atoms with van der Waals surface area (Å²) in [6.45, 7) is 5.07. The largest absolute Gasteiger partial charge is 0.352 e. The molecule has 2 aromatic heterocycles. The summed E-state index contributed by atoms with van der Waals surface area (Å²) < 4.78 is 2.28. The monoisotopic (exact) mass is 346 g/mol. The number of hydrogen-bond acceptors (Lipinski definition) is 4. The molecule has 1 atom stereocenters. The number of nitrogens with one attached hydrogen (secondary N) is 1. The molecule has 2 aromatic rings. The fraction of sp³-hybridized carbons (Fsp3) is 0.667. The predicted octanol–water partition coefficient (Wildman–Crippen LogP) is 3.15. The molecule has 130 valence electrons. The van der Waals surface area contributed by atoms with E-state index >= 15 is 0 Å². The Bertz CT molecular complexity index is 718. The Balaban J connectivity index is 1.46. The molecule has 4 rings (SSSR count). The number of rotatable bonds is 6. The third kappa shape index (κ3) is 3.35. The molecule has 0 radical (unpaired) electrons. The molecule has 1 aliphatic heterocycles. The van der Waals surface area contributed by atoms with Crippen LogP contribution < -0.4 is 5.32 Å². The van der Waals surface area contributed by atoms with Gasteiger partial charge in [0.05, 0.1) is 11.4 Å². The topological polar surface area (TPSA) is 49.6 Å². The van der Waals surface area contributed by atoms with Gasteiger partial charge < -0.3 is 5.32 Å². The molecule has 0 bridgehead atoms. The number of nitrogens with zero attached hydrogens (tertiary/aromatic N) is 3. The fourth-order valence-electron chi connectivity index (χ4n) is 3.75. The number of thiazole rings is 1. The summed E-state index contributed by atoms with van der Waals surface area (Å²) >= 11 is 1.72. The first-order valence-corrected chi connectivity index (χ1v) is 10.1. The van der Waals surface area contributed by atoms with Gasteiger partial charge in [0.25, 0.3) is 0 Å². The van der Waals surface area contributed by atoms with Gasteiger partial charge in [0, 0.05) is 43.0 Å². The van der Waals surface area contributed by atoms with Crippen LogP contribution in [-0.2, 0) is 11.3 Å². The molecule has 5 nitrogen and oxygen atoms in total. The van der Waals surface area contributed by atoms with E-state index in [-0.39, 0.29) is 5.91 Å². The number of aromatic nitrogens is 2. The quantitative estimate of drug-likeness (QED) is 0.874. The van der Waals surface area contributed by atoms with Crippen molar-refractivity contribution in [1.82, 2.24) is 19.6 Å². The van der Waals surface area contributed by atoms with Crippen molar-refractivity contribution in [1.29, 1.82) is 0 Å². The number of hydrogen-bond donors (Lipinski definition) is 1. The average Bonchev–Trinajstić information content (AvgIpc) is 3.20. The lowest BCUT2D eigenvalue weighted by Crippen LogP contribution is -2.47. The van der Waals surface area contributed by atoms with E-state index in [0.29, 0.717) is 18.4 Å². The maximum Gasteiger partial charge on any atom is 0.220 e. The molecule has 1 saturated heterocycles. The molecular weight excluding hydrogens is 320 g/mol. The molecule has 2 aliphatic rings. The fourth-order valence-corrected chi connectivity index (χ4v) is 4.49. The third-order valence-electron chi connectivity index (χ3n) is 5.08. The smallest absolute Gasteiger partial charge is 0.220 e. The van der Waals surface area contributed by atoms with Gasteiger partial charge >= 0.3 is 0 Å². The van der Waals surface area contributed by atoms with Gasteiger partial charge in [-0.1, -0.05) is 6.92 Å². The van der Waals surface area contributed by atoms with Crippen molar-refractivity contribution in [3.63, 3.8) is 0 Å². The molecule has 1 N–H and O–H groups in total. The van der Waals surface area contributed by atoms with Crippen LogP contribution in [0.3, 0.4) is 0 Å². The van der Waals surface area contributed by atoms with Gasteiger partial charge in [0.1, 0.15) is 0 Å². The molecule has 1 unspecified atom stereocenters. The Morgan fingerprint density at radius 2 is 2.29 bits per heavy atom. The van der Waals surface area contributed by atoms with Crippen LogP contribution in [-0.4, -0.2) is 39.3 Å². The minimum absolute atomic E-state index is 0.201. The van der Waals surface area contributed by atoms with Crippen LogP contribution in [0, 0.1) is 0 Å². The van der Waals surface area contributed by atoms with Crippen LogP contribution in [0.15, 0.2) is 11.6 Å². The Labute approximate surface area is 147 Å². The molecule has 1 aliphatic carbocycles. The van der Waals surface area contributed by atoms with Crippen LogP contribution in [0.5, 0.6) is 0 Å². The molecule has 6 heteroatoms.